The fraction of sp³-hybridized carbons (Fsp3) is 0.694. The zero-order chi connectivity index (χ0) is 42.1. The van der Waals surface area contributed by atoms with Crippen LogP contribution in [-0.2, 0) is 28.6 Å². The van der Waals surface area contributed by atoms with Crippen LogP contribution in [0.2, 0.25) is 0 Å². The van der Waals surface area contributed by atoms with Gasteiger partial charge in [0.05, 0.1) is 40.3 Å². The van der Waals surface area contributed by atoms with E-state index in [0.717, 1.165) is 109 Å². The van der Waals surface area contributed by atoms with Gasteiger partial charge in [-0.15, -0.1) is 0 Å². The summed E-state index contributed by atoms with van der Waals surface area (Å²) in [5.41, 5.74) is 0. The first kappa shape index (κ1) is 53.8. The Morgan fingerprint density at radius 1 is 0.544 bits per heavy atom. The first-order valence-electron chi connectivity index (χ1n) is 22.5. The molecule has 0 saturated heterocycles. The fourth-order valence-electron chi connectivity index (χ4n) is 6.08. The van der Waals surface area contributed by atoms with E-state index >= 15 is 0 Å². The summed E-state index contributed by atoms with van der Waals surface area (Å²) in [6.45, 7) is 4.47. The van der Waals surface area contributed by atoms with E-state index in [1.54, 1.807) is 21.1 Å². The van der Waals surface area contributed by atoms with Crippen molar-refractivity contribution in [3.05, 3.63) is 72.9 Å². The number of aliphatic carboxylic acids is 1. The Bertz CT molecular complexity index is 1160. The number of carboxylic acid groups (broad SMARTS) is 1. The summed E-state index contributed by atoms with van der Waals surface area (Å²) < 4.78 is 17.1. The molecule has 0 amide bonds. The molecule has 0 fully saturated rings. The molecule has 0 heterocycles. The maximum Gasteiger partial charge on any atom is 0.306 e. The number of carboxylic acids is 1. The van der Waals surface area contributed by atoms with Gasteiger partial charge in [0.1, 0.15) is 12.6 Å². The summed E-state index contributed by atoms with van der Waals surface area (Å²) in [6.07, 6.45) is 49.3. The lowest BCUT2D eigenvalue weighted by atomic mass is 10.1. The van der Waals surface area contributed by atoms with Crippen molar-refractivity contribution in [2.45, 2.75) is 180 Å². The molecule has 0 aromatic carbocycles. The van der Waals surface area contributed by atoms with Gasteiger partial charge in [-0.05, 0) is 77.0 Å². The SMILES string of the molecule is CC/C=C/C/C=C/C/C=C/C/C=C/C/C=C/CCCCCCCCC(=O)OCC(COCCC(C(=O)[O-])[N+](C)(C)C)OC(=O)CCCCCCC/C=C/CCCC. The van der Waals surface area contributed by atoms with Crippen molar-refractivity contribution in [1.82, 2.24) is 0 Å². The second-order valence-corrected chi connectivity index (χ2v) is 15.9. The van der Waals surface area contributed by atoms with Crippen LogP contribution in [0, 0.1) is 0 Å². The van der Waals surface area contributed by atoms with Crippen molar-refractivity contribution < 1.29 is 38.2 Å². The van der Waals surface area contributed by atoms with Crippen molar-refractivity contribution >= 4 is 17.9 Å². The van der Waals surface area contributed by atoms with Gasteiger partial charge >= 0.3 is 11.9 Å². The number of hydrogen-bond donors (Lipinski definition) is 0. The lowest BCUT2D eigenvalue weighted by Crippen LogP contribution is -2.55. The van der Waals surface area contributed by atoms with Crippen molar-refractivity contribution in [3.63, 3.8) is 0 Å². The van der Waals surface area contributed by atoms with Crippen molar-refractivity contribution in [2.75, 3.05) is 41.0 Å². The molecule has 0 aliphatic carbocycles. The zero-order valence-corrected chi connectivity index (χ0v) is 37.0. The van der Waals surface area contributed by atoms with Crippen LogP contribution < -0.4 is 5.11 Å². The third kappa shape index (κ3) is 38.1. The molecular weight excluding hydrogens is 715 g/mol. The number of rotatable bonds is 39. The number of ether oxygens (including phenoxy) is 3. The van der Waals surface area contributed by atoms with E-state index in [-0.39, 0.29) is 42.7 Å². The molecule has 0 spiro atoms. The molecule has 326 valence electrons. The summed E-state index contributed by atoms with van der Waals surface area (Å²) in [7, 11) is 5.39. The van der Waals surface area contributed by atoms with E-state index in [4.69, 9.17) is 14.2 Å². The van der Waals surface area contributed by atoms with Gasteiger partial charge in [0.25, 0.3) is 0 Å². The summed E-state index contributed by atoms with van der Waals surface area (Å²) in [6, 6.07) is -0.732. The lowest BCUT2D eigenvalue weighted by Gasteiger charge is -2.34. The van der Waals surface area contributed by atoms with Gasteiger partial charge in [-0.2, -0.15) is 0 Å². The molecule has 0 saturated carbocycles. The topological polar surface area (TPSA) is 102 Å². The number of esters is 2. The quantitative estimate of drug-likeness (QED) is 0.0264. The number of hydrogen-bond acceptors (Lipinski definition) is 7. The molecule has 2 atom stereocenters. The van der Waals surface area contributed by atoms with E-state index in [2.05, 4.69) is 86.8 Å². The second kappa shape index (κ2) is 39.6. The van der Waals surface area contributed by atoms with Crippen LogP contribution >= 0.6 is 0 Å². The van der Waals surface area contributed by atoms with Crippen molar-refractivity contribution in [2.24, 2.45) is 0 Å². The van der Waals surface area contributed by atoms with E-state index < -0.39 is 18.1 Å². The van der Waals surface area contributed by atoms with E-state index in [1.165, 1.54) is 25.7 Å². The summed E-state index contributed by atoms with van der Waals surface area (Å²) in [5.74, 6) is -1.77. The van der Waals surface area contributed by atoms with Crippen molar-refractivity contribution in [1.29, 1.82) is 0 Å². The van der Waals surface area contributed by atoms with Gasteiger partial charge in [0.15, 0.2) is 6.10 Å². The molecule has 0 N–H and O–H groups in total. The number of likely N-dealkylation sites (N-methyl/N-ethyl adjacent to an activating group) is 1. The smallest absolute Gasteiger partial charge is 0.306 e. The minimum atomic E-state index is -1.13. The van der Waals surface area contributed by atoms with E-state index in [1.807, 2.05) is 0 Å². The molecule has 8 nitrogen and oxygen atoms in total. The Labute approximate surface area is 349 Å². The van der Waals surface area contributed by atoms with Crippen molar-refractivity contribution in [3.8, 4) is 0 Å². The molecular formula is C49H83NO7. The Balaban J connectivity index is 4.31. The normalized spacial score (nSPS) is 13.6. The van der Waals surface area contributed by atoms with Crippen LogP contribution in [0.5, 0.6) is 0 Å². The van der Waals surface area contributed by atoms with Crippen LogP contribution in [0.25, 0.3) is 0 Å². The number of carbonyl (C=O) groups excluding carboxylic acids is 3. The van der Waals surface area contributed by atoms with Crippen LogP contribution in [0.3, 0.4) is 0 Å². The third-order valence-electron chi connectivity index (χ3n) is 9.58. The minimum Gasteiger partial charge on any atom is -0.544 e. The van der Waals surface area contributed by atoms with Gasteiger partial charge in [-0.3, -0.25) is 9.59 Å². The number of nitrogens with zero attached hydrogens (tertiary/aromatic N) is 1. The first-order valence-corrected chi connectivity index (χ1v) is 22.5. The Kier molecular flexibility index (Phi) is 37.3. The number of quaternary nitrogens is 1. The van der Waals surface area contributed by atoms with Gasteiger partial charge < -0.3 is 28.6 Å². The minimum absolute atomic E-state index is 0.0291. The summed E-state index contributed by atoms with van der Waals surface area (Å²) in [5, 5.41) is 11.6. The van der Waals surface area contributed by atoms with Crippen LogP contribution in [0.4, 0.5) is 0 Å². The first-order chi connectivity index (χ1) is 27.6. The van der Waals surface area contributed by atoms with Gasteiger partial charge in [-0.1, -0.05) is 145 Å². The van der Waals surface area contributed by atoms with Gasteiger partial charge in [-0.25, -0.2) is 0 Å². The highest BCUT2D eigenvalue weighted by Gasteiger charge is 2.25. The predicted molar refractivity (Wildman–Crippen MR) is 235 cm³/mol. The Hall–Kier alpha value is -3.23. The average Bonchev–Trinajstić information content (AvgIpc) is 3.17. The highest BCUT2D eigenvalue weighted by atomic mass is 16.6. The molecule has 0 aliphatic rings. The number of allylic oxidation sites excluding steroid dienone is 12. The monoisotopic (exact) mass is 798 g/mol. The molecule has 0 radical (unpaired) electrons. The van der Waals surface area contributed by atoms with E-state index in [9.17, 15) is 19.5 Å². The van der Waals surface area contributed by atoms with Crippen LogP contribution in [0.15, 0.2) is 72.9 Å². The average molecular weight is 798 g/mol. The van der Waals surface area contributed by atoms with Crippen LogP contribution in [0.1, 0.15) is 168 Å². The molecule has 0 aromatic rings. The van der Waals surface area contributed by atoms with Gasteiger partial charge in [0.2, 0.25) is 0 Å². The second-order valence-electron chi connectivity index (χ2n) is 15.9. The Morgan fingerprint density at radius 3 is 1.47 bits per heavy atom. The summed E-state index contributed by atoms with van der Waals surface area (Å²) in [4.78, 5) is 36.8. The molecule has 0 rings (SSSR count). The number of unbranched alkanes of at least 4 members (excludes halogenated alkanes) is 13. The maximum absolute atomic E-state index is 12.7. The van der Waals surface area contributed by atoms with Gasteiger partial charge in [0, 0.05) is 19.3 Å². The Morgan fingerprint density at radius 2 is 0.982 bits per heavy atom. The van der Waals surface area contributed by atoms with E-state index in [0.29, 0.717) is 12.8 Å². The lowest BCUT2D eigenvalue weighted by molar-refractivity contribution is -0.889. The summed E-state index contributed by atoms with van der Waals surface area (Å²) >= 11 is 0. The number of carbonyl (C=O) groups is 3. The molecule has 2 unspecified atom stereocenters. The maximum atomic E-state index is 12.7. The molecule has 0 bridgehead atoms. The van der Waals surface area contributed by atoms with Crippen LogP contribution in [-0.4, -0.2) is 75.5 Å². The molecule has 8 heteroatoms. The molecule has 0 aliphatic heterocycles. The zero-order valence-electron chi connectivity index (χ0n) is 37.0. The molecule has 57 heavy (non-hydrogen) atoms. The fourth-order valence-corrected chi connectivity index (χ4v) is 6.08. The highest BCUT2D eigenvalue weighted by molar-refractivity contribution is 5.70. The highest BCUT2D eigenvalue weighted by Crippen LogP contribution is 2.13. The molecule has 0 aromatic heterocycles. The standard InChI is InChI=1S/C49H83NO7/c1-6-8-10-12-14-16-18-19-20-21-22-23-24-25-26-27-28-30-31-33-35-37-39-47(51)56-44-45(43-55-42-41-46(49(53)54)50(3,4)5)57-48(52)40-38-36-34-32-29-17-15-13-11-9-7-2/h8,10,13-16,19-20,22-23,25-26,45-46H,6-7,9,11-12,17-18,21,24,27-44H2,1-5H3/b10-8+,15-13+,16-14+,20-19+,23-22+,26-25+. The largest absolute Gasteiger partial charge is 0.544 e. The predicted octanol–water partition coefficient (Wildman–Crippen LogP) is 11.0. The third-order valence-corrected chi connectivity index (χ3v) is 9.58.